The van der Waals surface area contributed by atoms with Gasteiger partial charge in [-0.25, -0.2) is 4.39 Å². The van der Waals surface area contributed by atoms with Gasteiger partial charge in [-0.3, -0.25) is 4.99 Å². The van der Waals surface area contributed by atoms with Crippen LogP contribution in [0.5, 0.6) is 0 Å². The first-order valence-electron chi connectivity index (χ1n) is 9.80. The Morgan fingerprint density at radius 3 is 2.89 bits per heavy atom. The number of guanidine groups is 1. The van der Waals surface area contributed by atoms with E-state index in [9.17, 15) is 4.39 Å². The van der Waals surface area contributed by atoms with E-state index in [0.717, 1.165) is 63.8 Å². The number of benzene rings is 1. The van der Waals surface area contributed by atoms with Gasteiger partial charge in [0.2, 0.25) is 0 Å². The lowest BCUT2D eigenvalue weighted by Crippen LogP contribution is -2.38. The number of hydrogen-bond acceptors (Lipinski definition) is 3. The molecule has 5 nitrogen and oxygen atoms in total. The fraction of sp³-hybridized carbons (Fsp3) is 0.650. The molecule has 0 spiro atoms. The average Bonchev–Trinajstić information content (AvgIpc) is 2.67. The number of nitrogens with one attached hydrogen (secondary N) is 2. The van der Waals surface area contributed by atoms with E-state index in [1.54, 1.807) is 6.07 Å². The summed E-state index contributed by atoms with van der Waals surface area (Å²) < 4.78 is 24.2. The molecule has 2 N–H and O–H groups in total. The maximum atomic E-state index is 13.1. The zero-order valence-electron chi connectivity index (χ0n) is 16.1. The molecule has 1 aliphatic rings. The maximum Gasteiger partial charge on any atom is 0.191 e. The summed E-state index contributed by atoms with van der Waals surface area (Å²) in [5, 5.41) is 6.97. The first-order valence-corrected chi connectivity index (χ1v) is 10.2. The first-order chi connectivity index (χ1) is 13.2. The van der Waals surface area contributed by atoms with Gasteiger partial charge in [0, 0.05) is 51.1 Å². The van der Waals surface area contributed by atoms with Crippen LogP contribution in [0.1, 0.15) is 31.7 Å². The van der Waals surface area contributed by atoms with Gasteiger partial charge in [-0.2, -0.15) is 0 Å². The third-order valence-electron chi connectivity index (χ3n) is 4.46. The van der Waals surface area contributed by atoms with Gasteiger partial charge in [-0.1, -0.05) is 17.7 Å². The zero-order chi connectivity index (χ0) is 19.3. The minimum absolute atomic E-state index is 0.314. The minimum Gasteiger partial charge on any atom is -0.381 e. The smallest absolute Gasteiger partial charge is 0.191 e. The van der Waals surface area contributed by atoms with Crippen molar-refractivity contribution in [2.75, 3.05) is 46.1 Å². The van der Waals surface area contributed by atoms with Gasteiger partial charge in [0.25, 0.3) is 0 Å². The Kier molecular flexibility index (Phi) is 10.5. The Morgan fingerprint density at radius 2 is 2.15 bits per heavy atom. The van der Waals surface area contributed by atoms with E-state index in [0.29, 0.717) is 30.5 Å². The van der Waals surface area contributed by atoms with Crippen molar-refractivity contribution < 1.29 is 13.9 Å². The van der Waals surface area contributed by atoms with Gasteiger partial charge < -0.3 is 20.1 Å². The van der Waals surface area contributed by atoms with E-state index in [2.05, 4.69) is 15.6 Å². The fourth-order valence-electron chi connectivity index (χ4n) is 2.90. The summed E-state index contributed by atoms with van der Waals surface area (Å²) in [6, 6.07) is 4.50. The second-order valence-corrected chi connectivity index (χ2v) is 7.06. The number of aliphatic imine (C=N–C) groups is 1. The summed E-state index contributed by atoms with van der Waals surface area (Å²) in [5.41, 5.74) is 0.919. The highest BCUT2D eigenvalue weighted by molar-refractivity contribution is 6.31. The molecule has 1 aliphatic heterocycles. The van der Waals surface area contributed by atoms with Crippen LogP contribution in [0.2, 0.25) is 5.02 Å². The van der Waals surface area contributed by atoms with Crippen LogP contribution in [0.25, 0.3) is 0 Å². The van der Waals surface area contributed by atoms with Crippen LogP contribution in [0.15, 0.2) is 23.2 Å². The molecule has 0 aromatic heterocycles. The van der Waals surface area contributed by atoms with Crippen LogP contribution in [0, 0.1) is 11.7 Å². The van der Waals surface area contributed by atoms with Crippen molar-refractivity contribution in [3.63, 3.8) is 0 Å². The van der Waals surface area contributed by atoms with E-state index in [-0.39, 0.29) is 5.82 Å². The molecule has 0 atom stereocenters. The van der Waals surface area contributed by atoms with Crippen LogP contribution >= 0.6 is 11.6 Å². The summed E-state index contributed by atoms with van der Waals surface area (Å²) >= 11 is 6.06. The van der Waals surface area contributed by atoms with Gasteiger partial charge in [0.15, 0.2) is 5.96 Å². The molecule has 1 aromatic carbocycles. The highest BCUT2D eigenvalue weighted by Crippen LogP contribution is 2.17. The lowest BCUT2D eigenvalue weighted by molar-refractivity contribution is 0.0205. The van der Waals surface area contributed by atoms with Crippen LogP contribution < -0.4 is 10.6 Å². The van der Waals surface area contributed by atoms with Crippen molar-refractivity contribution in [3.05, 3.63) is 34.6 Å². The average molecular weight is 400 g/mol. The highest BCUT2D eigenvalue weighted by Gasteiger charge is 2.13. The van der Waals surface area contributed by atoms with Crippen molar-refractivity contribution in [3.8, 4) is 0 Å². The van der Waals surface area contributed by atoms with Crippen molar-refractivity contribution in [2.24, 2.45) is 10.9 Å². The van der Waals surface area contributed by atoms with Crippen molar-refractivity contribution >= 4 is 17.6 Å². The molecular formula is C20H31ClFN3O2. The molecule has 0 aliphatic carbocycles. The highest BCUT2D eigenvalue weighted by atomic mass is 35.5. The van der Waals surface area contributed by atoms with E-state index in [1.165, 1.54) is 12.1 Å². The predicted molar refractivity (Wildman–Crippen MR) is 108 cm³/mol. The van der Waals surface area contributed by atoms with E-state index in [4.69, 9.17) is 21.1 Å². The lowest BCUT2D eigenvalue weighted by Gasteiger charge is -2.21. The monoisotopic (exact) mass is 399 g/mol. The standard InChI is InChI=1S/C20H31ClFN3O2/c1-2-23-20(25-10-6-17-4-5-18(22)14-19(17)21)24-9-3-11-27-15-16-7-12-26-13-8-16/h4-5,14,16H,2-3,6-13,15H2,1H3,(H2,23,24,25). The molecule has 1 fully saturated rings. The number of halogens is 2. The van der Waals surface area contributed by atoms with E-state index < -0.39 is 0 Å². The van der Waals surface area contributed by atoms with Crippen LogP contribution in [0.4, 0.5) is 4.39 Å². The molecule has 7 heteroatoms. The van der Waals surface area contributed by atoms with Crippen LogP contribution in [-0.2, 0) is 15.9 Å². The third kappa shape index (κ3) is 8.91. The predicted octanol–water partition coefficient (Wildman–Crippen LogP) is 3.41. The van der Waals surface area contributed by atoms with E-state index >= 15 is 0 Å². The van der Waals surface area contributed by atoms with E-state index in [1.807, 2.05) is 6.92 Å². The van der Waals surface area contributed by atoms with Gasteiger partial charge in [0.1, 0.15) is 5.82 Å². The van der Waals surface area contributed by atoms with Crippen molar-refractivity contribution in [1.82, 2.24) is 10.6 Å². The Balaban J connectivity index is 1.62. The third-order valence-corrected chi connectivity index (χ3v) is 4.81. The summed E-state index contributed by atoms with van der Waals surface area (Å²) in [5.74, 6) is 1.10. The largest absolute Gasteiger partial charge is 0.381 e. The second kappa shape index (κ2) is 12.9. The molecule has 152 valence electrons. The molecule has 1 heterocycles. The SMILES string of the molecule is CCNC(=NCCCOCC1CCOCC1)NCCc1ccc(F)cc1Cl. The Morgan fingerprint density at radius 1 is 1.33 bits per heavy atom. The Bertz CT molecular complexity index is 580. The molecule has 2 rings (SSSR count). The molecule has 0 amide bonds. The first kappa shape index (κ1) is 21.9. The van der Waals surface area contributed by atoms with Crippen LogP contribution in [0.3, 0.4) is 0 Å². The number of nitrogens with zero attached hydrogens (tertiary/aromatic N) is 1. The summed E-state index contributed by atoms with van der Waals surface area (Å²) in [4.78, 5) is 4.57. The number of ether oxygens (including phenoxy) is 2. The maximum absolute atomic E-state index is 13.1. The van der Waals surface area contributed by atoms with Gasteiger partial charge in [-0.05, 0) is 56.2 Å². The Labute approximate surface area is 166 Å². The van der Waals surface area contributed by atoms with Gasteiger partial charge in [0.05, 0.1) is 0 Å². The summed E-state index contributed by atoms with van der Waals surface area (Å²) in [6.07, 6.45) is 3.80. The Hall–Kier alpha value is -1.37. The second-order valence-electron chi connectivity index (χ2n) is 6.66. The molecular weight excluding hydrogens is 369 g/mol. The molecule has 1 aromatic rings. The van der Waals surface area contributed by atoms with Crippen LogP contribution in [-0.4, -0.2) is 52.0 Å². The topological polar surface area (TPSA) is 54.9 Å². The quantitative estimate of drug-likeness (QED) is 0.359. The minimum atomic E-state index is -0.314. The summed E-state index contributed by atoms with van der Waals surface area (Å²) in [7, 11) is 0. The number of hydrogen-bond donors (Lipinski definition) is 2. The molecule has 0 bridgehead atoms. The van der Waals surface area contributed by atoms with Gasteiger partial charge in [-0.15, -0.1) is 0 Å². The lowest BCUT2D eigenvalue weighted by atomic mass is 10.0. The molecule has 0 radical (unpaired) electrons. The van der Waals surface area contributed by atoms with Crippen molar-refractivity contribution in [1.29, 1.82) is 0 Å². The molecule has 1 saturated heterocycles. The zero-order valence-corrected chi connectivity index (χ0v) is 16.9. The number of rotatable bonds is 10. The molecule has 27 heavy (non-hydrogen) atoms. The fourth-order valence-corrected chi connectivity index (χ4v) is 3.16. The summed E-state index contributed by atoms with van der Waals surface area (Å²) in [6.45, 7) is 7.49. The normalized spacial score (nSPS) is 15.7. The van der Waals surface area contributed by atoms with Crippen molar-refractivity contribution in [2.45, 2.75) is 32.6 Å². The van der Waals surface area contributed by atoms with Gasteiger partial charge >= 0.3 is 0 Å². The molecule has 0 saturated carbocycles. The molecule has 0 unspecified atom stereocenters.